The Bertz CT molecular complexity index is 1240. The van der Waals surface area contributed by atoms with Gasteiger partial charge in [-0.15, -0.1) is 0 Å². The van der Waals surface area contributed by atoms with Crippen LogP contribution in [-0.2, 0) is 27.3 Å². The summed E-state index contributed by atoms with van der Waals surface area (Å²) in [6.45, 7) is 5.92. The van der Waals surface area contributed by atoms with E-state index in [4.69, 9.17) is 5.73 Å². The third-order valence-corrected chi connectivity index (χ3v) is 8.91. The summed E-state index contributed by atoms with van der Waals surface area (Å²) in [7, 11) is 6.98. The molecule has 6 N–H and O–H groups in total. The minimum atomic E-state index is -2.66. The lowest BCUT2D eigenvalue weighted by atomic mass is 9.54. The summed E-state index contributed by atoms with van der Waals surface area (Å²) >= 11 is 0. The average molecular weight is 545 g/mol. The molecule has 0 heterocycles. The summed E-state index contributed by atoms with van der Waals surface area (Å²) < 4.78 is 0. The number of carbonyl (C=O) groups is 3. The molecule has 2 fully saturated rings. The van der Waals surface area contributed by atoms with Gasteiger partial charge in [-0.25, -0.2) is 0 Å². The normalized spacial score (nSPS) is 30.4. The zero-order valence-corrected chi connectivity index (χ0v) is 23.4. The highest BCUT2D eigenvalue weighted by atomic mass is 16.3. The number of phenols is 1. The number of primary amides is 1. The monoisotopic (exact) mass is 544 g/mol. The second-order valence-corrected chi connectivity index (χ2v) is 11.4. The van der Waals surface area contributed by atoms with Gasteiger partial charge in [0.1, 0.15) is 17.4 Å². The first-order valence-corrected chi connectivity index (χ1v) is 13.4. The predicted molar refractivity (Wildman–Crippen MR) is 145 cm³/mol. The highest BCUT2D eigenvalue weighted by Gasteiger charge is 2.67. The number of nitrogens with two attached hydrogens (primary N) is 1. The molecule has 11 nitrogen and oxygen atoms in total. The van der Waals surface area contributed by atoms with Crippen LogP contribution in [0.2, 0.25) is 0 Å². The number of fused-ring (bicyclic) bond motifs is 3. The highest BCUT2D eigenvalue weighted by molar-refractivity contribution is 6.25. The minimum Gasteiger partial charge on any atom is -0.507 e. The minimum absolute atomic E-state index is 0.0903. The lowest BCUT2D eigenvalue weighted by Gasteiger charge is -2.53. The molecule has 0 saturated heterocycles. The number of aliphatic hydroxyl groups excluding tert-OH is 2. The maximum atomic E-state index is 14.0. The standard InChI is InChI=1S/C28H40N4O7/c1-7-32(8-2)12-14-11-17(30(3)4)15-9-13-10-16-21(31(5)6)24(35)20(27(29)38)26(37)28(16,39)25(36)18(13)23(34)19(15)22(14)33/h11,13,16,20-21,24,33-35,39H,7-10,12H2,1-6H3,(H2,29,38)/t13-,16-,20?,21?,24?,28-/m1/s1. The van der Waals surface area contributed by atoms with Crippen molar-refractivity contribution in [3.63, 3.8) is 0 Å². The molecular weight excluding hydrogens is 504 g/mol. The number of carbonyl (C=O) groups excluding carboxylic acids is 3. The molecule has 1 aromatic carbocycles. The van der Waals surface area contributed by atoms with E-state index in [1.807, 2.05) is 38.9 Å². The van der Waals surface area contributed by atoms with Crippen molar-refractivity contribution in [2.75, 3.05) is 46.2 Å². The fourth-order valence-electron chi connectivity index (χ4n) is 6.91. The molecule has 0 spiro atoms. The van der Waals surface area contributed by atoms with Crippen molar-refractivity contribution < 1.29 is 34.8 Å². The fourth-order valence-corrected chi connectivity index (χ4v) is 6.91. The smallest absolute Gasteiger partial charge is 0.230 e. The Labute approximate surface area is 228 Å². The zero-order valence-electron chi connectivity index (χ0n) is 23.4. The van der Waals surface area contributed by atoms with Crippen molar-refractivity contribution in [3.05, 3.63) is 28.3 Å². The molecule has 1 amide bonds. The van der Waals surface area contributed by atoms with Gasteiger partial charge >= 0.3 is 0 Å². The number of nitrogens with zero attached hydrogens (tertiary/aromatic N) is 3. The number of benzene rings is 1. The molecule has 0 bridgehead atoms. The fraction of sp³-hybridized carbons (Fsp3) is 0.607. The summed E-state index contributed by atoms with van der Waals surface area (Å²) in [5.74, 6) is -7.35. The van der Waals surface area contributed by atoms with E-state index in [9.17, 15) is 34.8 Å². The van der Waals surface area contributed by atoms with Gasteiger partial charge in [0.05, 0.1) is 11.7 Å². The third-order valence-electron chi connectivity index (χ3n) is 8.91. The van der Waals surface area contributed by atoms with Crippen molar-refractivity contribution in [3.8, 4) is 5.75 Å². The first-order valence-electron chi connectivity index (χ1n) is 13.4. The van der Waals surface area contributed by atoms with E-state index in [1.165, 1.54) is 0 Å². The molecule has 0 radical (unpaired) electrons. The van der Waals surface area contributed by atoms with E-state index < -0.39 is 58.7 Å². The first kappa shape index (κ1) is 29.0. The van der Waals surface area contributed by atoms with E-state index in [0.717, 1.165) is 18.8 Å². The molecule has 11 heteroatoms. The topological polar surface area (TPSA) is 168 Å². The third kappa shape index (κ3) is 4.23. The Morgan fingerprint density at radius 1 is 1.13 bits per heavy atom. The van der Waals surface area contributed by atoms with Crippen LogP contribution in [-0.4, -0.2) is 107 Å². The van der Waals surface area contributed by atoms with Gasteiger partial charge in [-0.1, -0.05) is 13.8 Å². The molecule has 6 atom stereocenters. The van der Waals surface area contributed by atoms with Crippen LogP contribution in [0.3, 0.4) is 0 Å². The molecule has 2 saturated carbocycles. The molecule has 1 aromatic rings. The van der Waals surface area contributed by atoms with Gasteiger partial charge in [0, 0.05) is 49.4 Å². The van der Waals surface area contributed by atoms with E-state index in [1.54, 1.807) is 19.0 Å². The number of phenolic OH excluding ortho intramolecular Hbond substituents is 1. The zero-order chi connectivity index (χ0) is 29.1. The highest BCUT2D eigenvalue weighted by Crippen LogP contribution is 2.53. The van der Waals surface area contributed by atoms with E-state index in [-0.39, 0.29) is 29.7 Å². The van der Waals surface area contributed by atoms with Crippen LogP contribution in [0.25, 0.3) is 5.76 Å². The predicted octanol–water partition coefficient (Wildman–Crippen LogP) is 0.0368. The largest absolute Gasteiger partial charge is 0.507 e. The van der Waals surface area contributed by atoms with Crippen LogP contribution < -0.4 is 10.6 Å². The lowest BCUT2D eigenvalue weighted by Crippen LogP contribution is -2.73. The molecule has 3 aliphatic carbocycles. The van der Waals surface area contributed by atoms with Crippen LogP contribution in [0.1, 0.15) is 37.0 Å². The van der Waals surface area contributed by atoms with Gasteiger partial charge < -0.3 is 36.0 Å². The Hall–Kier alpha value is -2.99. The second-order valence-electron chi connectivity index (χ2n) is 11.4. The molecule has 4 rings (SSSR count). The van der Waals surface area contributed by atoms with Crippen molar-refractivity contribution in [2.45, 2.75) is 51.0 Å². The number of likely N-dealkylation sites (N-methyl/N-ethyl adjacent to an activating group) is 1. The van der Waals surface area contributed by atoms with Gasteiger partial charge in [0.15, 0.2) is 11.4 Å². The van der Waals surface area contributed by atoms with Crippen molar-refractivity contribution in [1.82, 2.24) is 9.80 Å². The van der Waals surface area contributed by atoms with Crippen molar-refractivity contribution >= 4 is 28.9 Å². The van der Waals surface area contributed by atoms with E-state index in [2.05, 4.69) is 4.90 Å². The van der Waals surface area contributed by atoms with Crippen molar-refractivity contribution in [1.29, 1.82) is 0 Å². The lowest BCUT2D eigenvalue weighted by molar-refractivity contribution is -0.184. The van der Waals surface area contributed by atoms with Crippen molar-refractivity contribution in [2.24, 2.45) is 23.5 Å². The Morgan fingerprint density at radius 3 is 2.26 bits per heavy atom. The number of aliphatic hydroxyl groups is 3. The number of ketones is 2. The summed E-state index contributed by atoms with van der Waals surface area (Å²) in [6, 6.07) is 0.970. The molecule has 214 valence electrons. The van der Waals surface area contributed by atoms with E-state index in [0.29, 0.717) is 17.7 Å². The van der Waals surface area contributed by atoms with Gasteiger partial charge in [0.2, 0.25) is 11.7 Å². The van der Waals surface area contributed by atoms with Gasteiger partial charge in [-0.3, -0.25) is 19.3 Å². The number of rotatable bonds is 7. The summed E-state index contributed by atoms with van der Waals surface area (Å²) in [4.78, 5) is 45.3. The SMILES string of the molecule is CCN(CC)Cc1cc(N(C)C)c2c(c1O)C(O)=C1C(=O)[C@@]3(O)C(=O)C(C(N)=O)C(O)C(N(C)C)[C@H]3C[C@H]1C2. The Kier molecular flexibility index (Phi) is 7.59. The Morgan fingerprint density at radius 2 is 1.74 bits per heavy atom. The number of aromatic hydroxyl groups is 1. The van der Waals surface area contributed by atoms with Crippen LogP contribution in [0.15, 0.2) is 11.6 Å². The maximum absolute atomic E-state index is 14.0. The number of amides is 1. The first-order chi connectivity index (χ1) is 18.2. The van der Waals surface area contributed by atoms with Gasteiger partial charge in [-0.05, 0) is 57.6 Å². The van der Waals surface area contributed by atoms with Gasteiger partial charge in [-0.2, -0.15) is 0 Å². The average Bonchev–Trinajstić information content (AvgIpc) is 2.85. The number of hydrogen-bond acceptors (Lipinski definition) is 10. The number of Topliss-reactive ketones (excluding diaryl/α,β-unsaturated/α-hetero) is 2. The van der Waals surface area contributed by atoms with Gasteiger partial charge in [0.25, 0.3) is 0 Å². The van der Waals surface area contributed by atoms with E-state index >= 15 is 0 Å². The van der Waals surface area contributed by atoms with Crippen LogP contribution in [0, 0.1) is 17.8 Å². The second kappa shape index (κ2) is 10.2. The quantitative estimate of drug-likeness (QED) is 0.296. The molecule has 3 aliphatic rings. The molecule has 39 heavy (non-hydrogen) atoms. The molecular formula is C28H40N4O7. The number of anilines is 1. The summed E-state index contributed by atoms with van der Waals surface area (Å²) in [5.41, 5.74) is 4.75. The summed E-state index contributed by atoms with van der Waals surface area (Å²) in [6.07, 6.45) is -1.15. The maximum Gasteiger partial charge on any atom is 0.230 e. The van der Waals surface area contributed by atoms with Crippen LogP contribution in [0.4, 0.5) is 5.69 Å². The van der Waals surface area contributed by atoms with Crippen LogP contribution >= 0.6 is 0 Å². The van der Waals surface area contributed by atoms with Crippen LogP contribution in [0.5, 0.6) is 5.75 Å². The molecule has 3 unspecified atom stereocenters. The Balaban J connectivity index is 1.93. The molecule has 0 aromatic heterocycles. The summed E-state index contributed by atoms with van der Waals surface area (Å²) in [5, 5.41) is 45.7. The number of hydrogen-bond donors (Lipinski definition) is 5. The molecule has 0 aliphatic heterocycles.